The Morgan fingerprint density at radius 1 is 1.32 bits per heavy atom. The smallest absolute Gasteiger partial charge is 0.262 e. The topological polar surface area (TPSA) is 83.7 Å². The molecule has 2 aliphatic rings. The van der Waals surface area contributed by atoms with Gasteiger partial charge in [0.05, 0.1) is 11.1 Å². The second-order valence-electron chi connectivity index (χ2n) is 6.49. The molecule has 0 bridgehead atoms. The van der Waals surface area contributed by atoms with E-state index in [0.29, 0.717) is 24.2 Å². The van der Waals surface area contributed by atoms with Crippen molar-refractivity contribution in [1.29, 1.82) is 0 Å². The summed E-state index contributed by atoms with van der Waals surface area (Å²) in [6.07, 6.45) is 1.90. The Morgan fingerprint density at radius 2 is 2.00 bits per heavy atom. The zero-order chi connectivity index (χ0) is 17.4. The van der Waals surface area contributed by atoms with Crippen LogP contribution in [0.1, 0.15) is 40.5 Å². The van der Waals surface area contributed by atoms with Gasteiger partial charge in [-0.25, -0.2) is 0 Å². The van der Waals surface area contributed by atoms with Crippen LogP contribution in [0.15, 0.2) is 22.7 Å². The first-order chi connectivity index (χ1) is 11.4. The number of hydrogen-bond donors (Lipinski definition) is 1. The van der Waals surface area contributed by atoms with Gasteiger partial charge in [0.15, 0.2) is 0 Å². The molecular formula is C17H21BrClN3O3. The number of carbonyl (C=O) groups is 3. The maximum atomic E-state index is 12.6. The fraction of sp³-hybridized carbons (Fsp3) is 0.471. The van der Waals surface area contributed by atoms with Crippen molar-refractivity contribution in [2.24, 2.45) is 11.7 Å². The Balaban J connectivity index is 0.00000225. The molecule has 1 saturated heterocycles. The molecule has 8 heteroatoms. The van der Waals surface area contributed by atoms with Crippen molar-refractivity contribution >= 4 is 46.1 Å². The average molecular weight is 431 g/mol. The summed E-state index contributed by atoms with van der Waals surface area (Å²) in [5, 5.41) is 0. The van der Waals surface area contributed by atoms with Crippen LogP contribution in [0.4, 0.5) is 0 Å². The molecule has 1 fully saturated rings. The quantitative estimate of drug-likeness (QED) is 0.744. The zero-order valence-electron chi connectivity index (χ0n) is 13.9. The van der Waals surface area contributed by atoms with Crippen LogP contribution >= 0.6 is 28.3 Å². The molecule has 0 spiro atoms. The first-order valence-electron chi connectivity index (χ1n) is 8.07. The van der Waals surface area contributed by atoms with E-state index in [1.807, 2.05) is 6.92 Å². The number of carbonyl (C=O) groups excluding carboxylic acids is 3. The van der Waals surface area contributed by atoms with Gasteiger partial charge in [0, 0.05) is 23.6 Å². The van der Waals surface area contributed by atoms with E-state index in [1.54, 1.807) is 23.1 Å². The van der Waals surface area contributed by atoms with E-state index in [-0.39, 0.29) is 36.8 Å². The molecule has 0 radical (unpaired) electrons. The average Bonchev–Trinajstić information content (AvgIpc) is 2.79. The van der Waals surface area contributed by atoms with Crippen LogP contribution in [-0.2, 0) is 4.79 Å². The Hall–Kier alpha value is -1.44. The Bertz CT molecular complexity index is 710. The number of amides is 3. The van der Waals surface area contributed by atoms with Crippen LogP contribution in [-0.4, -0.2) is 53.2 Å². The second kappa shape index (κ2) is 7.85. The highest BCUT2D eigenvalue weighted by Crippen LogP contribution is 2.26. The summed E-state index contributed by atoms with van der Waals surface area (Å²) in [6.45, 7) is 2.97. The van der Waals surface area contributed by atoms with Crippen LogP contribution in [0, 0.1) is 5.92 Å². The Kier molecular flexibility index (Phi) is 6.24. The molecule has 2 atom stereocenters. The molecule has 3 rings (SSSR count). The molecule has 136 valence electrons. The maximum absolute atomic E-state index is 12.6. The van der Waals surface area contributed by atoms with E-state index in [9.17, 15) is 14.4 Å². The van der Waals surface area contributed by atoms with Gasteiger partial charge in [0.25, 0.3) is 11.8 Å². The molecule has 2 heterocycles. The molecule has 6 nitrogen and oxygen atoms in total. The van der Waals surface area contributed by atoms with E-state index in [2.05, 4.69) is 15.9 Å². The summed E-state index contributed by atoms with van der Waals surface area (Å²) in [5.41, 5.74) is 6.64. The van der Waals surface area contributed by atoms with E-state index in [1.165, 1.54) is 0 Å². The van der Waals surface area contributed by atoms with Crippen LogP contribution in [0.2, 0.25) is 0 Å². The van der Waals surface area contributed by atoms with Crippen molar-refractivity contribution in [2.45, 2.75) is 25.8 Å². The van der Waals surface area contributed by atoms with Gasteiger partial charge in [0.2, 0.25) is 5.91 Å². The van der Waals surface area contributed by atoms with Crippen molar-refractivity contribution < 1.29 is 14.4 Å². The lowest BCUT2D eigenvalue weighted by Gasteiger charge is -2.35. The van der Waals surface area contributed by atoms with Crippen molar-refractivity contribution in [3.63, 3.8) is 0 Å². The van der Waals surface area contributed by atoms with Gasteiger partial charge in [-0.3, -0.25) is 19.3 Å². The minimum atomic E-state index is -0.412. The third-order valence-corrected chi connectivity index (χ3v) is 5.27. The van der Waals surface area contributed by atoms with E-state index < -0.39 is 11.8 Å². The molecule has 2 aliphatic heterocycles. The molecule has 1 aromatic rings. The molecule has 25 heavy (non-hydrogen) atoms. The van der Waals surface area contributed by atoms with Crippen molar-refractivity contribution in [3.05, 3.63) is 33.8 Å². The fourth-order valence-electron chi connectivity index (χ4n) is 3.31. The number of benzene rings is 1. The molecular weight excluding hydrogens is 410 g/mol. The monoisotopic (exact) mass is 429 g/mol. The first kappa shape index (κ1) is 19.9. The minimum absolute atomic E-state index is 0. The van der Waals surface area contributed by atoms with Crippen LogP contribution in [0.5, 0.6) is 0 Å². The molecule has 0 aliphatic carbocycles. The molecule has 3 amide bonds. The zero-order valence-corrected chi connectivity index (χ0v) is 16.3. The lowest BCUT2D eigenvalue weighted by molar-refractivity contribution is -0.133. The van der Waals surface area contributed by atoms with E-state index in [0.717, 1.165) is 22.2 Å². The Morgan fingerprint density at radius 3 is 2.68 bits per heavy atom. The summed E-state index contributed by atoms with van der Waals surface area (Å²) in [5.74, 6) is -0.753. The van der Waals surface area contributed by atoms with Gasteiger partial charge >= 0.3 is 0 Å². The second-order valence-corrected chi connectivity index (χ2v) is 7.40. The van der Waals surface area contributed by atoms with E-state index in [4.69, 9.17) is 5.73 Å². The van der Waals surface area contributed by atoms with Gasteiger partial charge in [0.1, 0.15) is 6.54 Å². The van der Waals surface area contributed by atoms with Crippen molar-refractivity contribution in [3.8, 4) is 0 Å². The minimum Gasteiger partial charge on any atom is -0.341 e. The summed E-state index contributed by atoms with van der Waals surface area (Å²) in [4.78, 5) is 40.2. The van der Waals surface area contributed by atoms with Crippen LogP contribution in [0.3, 0.4) is 0 Å². The number of hydrogen-bond acceptors (Lipinski definition) is 4. The summed E-state index contributed by atoms with van der Waals surface area (Å²) >= 11 is 3.30. The predicted molar refractivity (Wildman–Crippen MR) is 99.7 cm³/mol. The molecule has 1 aromatic carbocycles. The number of nitrogens with two attached hydrogens (primary N) is 1. The van der Waals surface area contributed by atoms with Crippen LogP contribution in [0.25, 0.3) is 0 Å². The van der Waals surface area contributed by atoms with Gasteiger partial charge in [-0.05, 0) is 43.9 Å². The number of nitrogens with zero attached hydrogens (tertiary/aromatic N) is 2. The highest BCUT2D eigenvalue weighted by molar-refractivity contribution is 9.10. The third kappa shape index (κ3) is 3.88. The van der Waals surface area contributed by atoms with Gasteiger partial charge < -0.3 is 10.6 Å². The van der Waals surface area contributed by atoms with Crippen LogP contribution < -0.4 is 5.73 Å². The lowest BCUT2D eigenvalue weighted by Crippen LogP contribution is -2.49. The van der Waals surface area contributed by atoms with Gasteiger partial charge in [-0.2, -0.15) is 0 Å². The summed E-state index contributed by atoms with van der Waals surface area (Å²) in [6, 6.07) is 4.97. The Labute approximate surface area is 161 Å². The van der Waals surface area contributed by atoms with Gasteiger partial charge in [-0.1, -0.05) is 15.9 Å². The maximum Gasteiger partial charge on any atom is 0.262 e. The number of halogens is 2. The highest BCUT2D eigenvalue weighted by Gasteiger charge is 2.38. The number of imide groups is 1. The summed E-state index contributed by atoms with van der Waals surface area (Å²) in [7, 11) is 0. The predicted octanol–water partition coefficient (Wildman–Crippen LogP) is 2.05. The molecule has 2 N–H and O–H groups in total. The molecule has 2 unspecified atom stereocenters. The number of fused-ring (bicyclic) bond motifs is 1. The van der Waals surface area contributed by atoms with Crippen molar-refractivity contribution in [2.75, 3.05) is 19.6 Å². The van der Waals surface area contributed by atoms with Crippen molar-refractivity contribution in [1.82, 2.24) is 9.80 Å². The normalized spacial score (nSPS) is 21.0. The van der Waals surface area contributed by atoms with E-state index >= 15 is 0 Å². The first-order valence-corrected chi connectivity index (χ1v) is 8.87. The number of likely N-dealkylation sites (tertiary alicyclic amines) is 1. The SMILES string of the molecule is CC(N)C1CCCN(C(=O)CN2C(=O)c3ccc(Br)cc3C2=O)C1.Cl. The molecule has 0 aromatic heterocycles. The highest BCUT2D eigenvalue weighted by atomic mass is 79.9. The summed E-state index contributed by atoms with van der Waals surface area (Å²) < 4.78 is 0.728. The largest absolute Gasteiger partial charge is 0.341 e. The number of rotatable bonds is 3. The number of piperidine rings is 1. The molecule has 0 saturated carbocycles. The standard InChI is InChI=1S/C17H20BrN3O3.ClH/c1-10(19)11-3-2-6-20(8-11)15(22)9-21-16(23)13-5-4-12(18)7-14(13)17(21)24;/h4-5,7,10-11H,2-3,6,8-9,19H2,1H3;1H. The third-order valence-electron chi connectivity index (χ3n) is 4.78. The fourth-order valence-corrected chi connectivity index (χ4v) is 3.67. The lowest BCUT2D eigenvalue weighted by atomic mass is 9.92. The van der Waals surface area contributed by atoms with Gasteiger partial charge in [-0.15, -0.1) is 12.4 Å².